The van der Waals surface area contributed by atoms with Gasteiger partial charge >= 0.3 is 0 Å². The molecule has 7 heteroatoms. The van der Waals surface area contributed by atoms with Crippen molar-refractivity contribution in [1.82, 2.24) is 15.5 Å². The fraction of sp³-hybridized carbons (Fsp3) is 0.391. The maximum absolute atomic E-state index is 12.9. The van der Waals surface area contributed by atoms with Crippen molar-refractivity contribution in [2.45, 2.75) is 18.9 Å². The second-order valence-electron chi connectivity index (χ2n) is 7.32. The van der Waals surface area contributed by atoms with Gasteiger partial charge in [0.05, 0.1) is 13.2 Å². The van der Waals surface area contributed by atoms with Crippen LogP contribution in [0, 0.1) is 0 Å². The van der Waals surface area contributed by atoms with Crippen LogP contribution >= 0.6 is 15.9 Å². The second-order valence-corrected chi connectivity index (χ2v) is 8.24. The largest absolute Gasteiger partial charge is 0.379 e. The molecule has 0 aromatic heterocycles. The standard InChI is InChI=1S/C23H28BrN3O3/c24-20-9-4-8-19(17-20)22(28)26-21(16-18-6-2-1-3-7-18)23(29)25-10-5-11-27-12-14-30-15-13-27/h1-4,6-9,17,21H,5,10-16H2,(H,25,29)(H,26,28). The summed E-state index contributed by atoms with van der Waals surface area (Å²) in [7, 11) is 0. The molecule has 3 rings (SSSR count). The number of halogens is 1. The van der Waals surface area contributed by atoms with Gasteiger partial charge in [0.15, 0.2) is 0 Å². The summed E-state index contributed by atoms with van der Waals surface area (Å²) in [6.45, 7) is 4.92. The highest BCUT2D eigenvalue weighted by Crippen LogP contribution is 2.12. The molecule has 1 heterocycles. The molecule has 1 saturated heterocycles. The Balaban J connectivity index is 1.56. The summed E-state index contributed by atoms with van der Waals surface area (Å²) in [5.41, 5.74) is 1.52. The fourth-order valence-electron chi connectivity index (χ4n) is 3.39. The number of hydrogen-bond donors (Lipinski definition) is 2. The monoisotopic (exact) mass is 473 g/mol. The number of benzene rings is 2. The van der Waals surface area contributed by atoms with Crippen LogP contribution in [0.3, 0.4) is 0 Å². The molecule has 1 fully saturated rings. The molecule has 2 aromatic carbocycles. The molecule has 6 nitrogen and oxygen atoms in total. The molecule has 2 aromatic rings. The van der Waals surface area contributed by atoms with Crippen molar-refractivity contribution in [1.29, 1.82) is 0 Å². The first kappa shape index (κ1) is 22.5. The first-order valence-electron chi connectivity index (χ1n) is 10.3. The van der Waals surface area contributed by atoms with Crippen LogP contribution in [-0.4, -0.2) is 62.1 Å². The zero-order valence-corrected chi connectivity index (χ0v) is 18.6. The van der Waals surface area contributed by atoms with Crippen molar-refractivity contribution in [2.75, 3.05) is 39.4 Å². The zero-order valence-electron chi connectivity index (χ0n) is 17.0. The molecule has 1 unspecified atom stereocenters. The van der Waals surface area contributed by atoms with Gasteiger partial charge in [0, 0.05) is 36.1 Å². The third kappa shape index (κ3) is 7.23. The van der Waals surface area contributed by atoms with E-state index >= 15 is 0 Å². The Bertz CT molecular complexity index is 825. The van der Waals surface area contributed by atoms with E-state index in [2.05, 4.69) is 31.5 Å². The molecule has 1 atom stereocenters. The summed E-state index contributed by atoms with van der Waals surface area (Å²) in [5.74, 6) is -0.426. The molecule has 0 bridgehead atoms. The highest BCUT2D eigenvalue weighted by Gasteiger charge is 2.22. The van der Waals surface area contributed by atoms with Gasteiger partial charge in [-0.05, 0) is 36.7 Å². The third-order valence-corrected chi connectivity index (χ3v) is 5.54. The average molecular weight is 474 g/mol. The molecule has 1 aliphatic heterocycles. The van der Waals surface area contributed by atoms with Crippen molar-refractivity contribution in [2.24, 2.45) is 0 Å². The molecule has 0 aliphatic carbocycles. The maximum Gasteiger partial charge on any atom is 0.251 e. The van der Waals surface area contributed by atoms with Crippen LogP contribution in [0.25, 0.3) is 0 Å². The summed E-state index contributed by atoms with van der Waals surface area (Å²) in [6, 6.07) is 16.2. The van der Waals surface area contributed by atoms with Crippen LogP contribution in [0.15, 0.2) is 59.1 Å². The topological polar surface area (TPSA) is 70.7 Å². The SMILES string of the molecule is O=C(NC(Cc1ccccc1)C(=O)NCCCN1CCOCC1)c1cccc(Br)c1. The molecule has 1 aliphatic rings. The maximum atomic E-state index is 12.9. The average Bonchev–Trinajstić information content (AvgIpc) is 2.77. The van der Waals surface area contributed by atoms with Gasteiger partial charge in [-0.15, -0.1) is 0 Å². The van der Waals surface area contributed by atoms with E-state index in [0.717, 1.165) is 49.3 Å². The molecule has 0 radical (unpaired) electrons. The van der Waals surface area contributed by atoms with E-state index in [1.165, 1.54) is 0 Å². The number of morpholine rings is 1. The van der Waals surface area contributed by atoms with E-state index < -0.39 is 6.04 Å². The summed E-state index contributed by atoms with van der Waals surface area (Å²) < 4.78 is 6.18. The molecular formula is C23H28BrN3O3. The number of nitrogens with one attached hydrogen (secondary N) is 2. The van der Waals surface area contributed by atoms with Crippen molar-refractivity contribution < 1.29 is 14.3 Å². The lowest BCUT2D eigenvalue weighted by Crippen LogP contribution is -2.48. The first-order chi connectivity index (χ1) is 14.6. The number of amides is 2. The molecular weight excluding hydrogens is 446 g/mol. The van der Waals surface area contributed by atoms with Crippen molar-refractivity contribution in [3.63, 3.8) is 0 Å². The first-order valence-corrected chi connectivity index (χ1v) is 11.1. The zero-order chi connectivity index (χ0) is 21.2. The van der Waals surface area contributed by atoms with E-state index in [4.69, 9.17) is 4.74 Å². The van der Waals surface area contributed by atoms with Gasteiger partial charge in [0.2, 0.25) is 5.91 Å². The molecule has 30 heavy (non-hydrogen) atoms. The number of carbonyl (C=O) groups excluding carboxylic acids is 2. The molecule has 0 spiro atoms. The Morgan fingerprint density at radius 2 is 1.83 bits per heavy atom. The summed E-state index contributed by atoms with van der Waals surface area (Å²) in [4.78, 5) is 27.9. The van der Waals surface area contributed by atoms with Crippen molar-refractivity contribution in [3.8, 4) is 0 Å². The molecule has 0 saturated carbocycles. The quantitative estimate of drug-likeness (QED) is 0.549. The number of ether oxygens (including phenoxy) is 1. The lowest BCUT2D eigenvalue weighted by molar-refractivity contribution is -0.123. The third-order valence-electron chi connectivity index (χ3n) is 5.05. The lowest BCUT2D eigenvalue weighted by Gasteiger charge is -2.26. The van der Waals surface area contributed by atoms with Gasteiger partial charge in [-0.3, -0.25) is 14.5 Å². The van der Waals surface area contributed by atoms with Crippen LogP contribution < -0.4 is 10.6 Å². The van der Waals surface area contributed by atoms with Gasteiger partial charge in [0.25, 0.3) is 5.91 Å². The van der Waals surface area contributed by atoms with Gasteiger partial charge in [-0.1, -0.05) is 52.3 Å². The van der Waals surface area contributed by atoms with Crippen LogP contribution in [-0.2, 0) is 16.0 Å². The smallest absolute Gasteiger partial charge is 0.251 e. The Hall–Kier alpha value is -2.22. The van der Waals surface area contributed by atoms with Gasteiger partial charge in [-0.2, -0.15) is 0 Å². The van der Waals surface area contributed by atoms with Crippen LogP contribution in [0.1, 0.15) is 22.3 Å². The lowest BCUT2D eigenvalue weighted by atomic mass is 10.0. The van der Waals surface area contributed by atoms with Crippen LogP contribution in [0.2, 0.25) is 0 Å². The molecule has 160 valence electrons. The predicted octanol–water partition coefficient (Wildman–Crippen LogP) is 2.63. The Labute approximate surface area is 186 Å². The number of rotatable bonds is 9. The Kier molecular flexibility index (Phi) is 8.86. The van der Waals surface area contributed by atoms with Gasteiger partial charge < -0.3 is 15.4 Å². The minimum absolute atomic E-state index is 0.163. The van der Waals surface area contributed by atoms with E-state index in [0.29, 0.717) is 18.5 Å². The number of carbonyl (C=O) groups is 2. The van der Waals surface area contributed by atoms with Gasteiger partial charge in [-0.25, -0.2) is 0 Å². The predicted molar refractivity (Wildman–Crippen MR) is 120 cm³/mol. The Morgan fingerprint density at radius 3 is 2.57 bits per heavy atom. The summed E-state index contributed by atoms with van der Waals surface area (Å²) >= 11 is 3.38. The van der Waals surface area contributed by atoms with E-state index in [9.17, 15) is 9.59 Å². The fourth-order valence-corrected chi connectivity index (χ4v) is 3.79. The van der Waals surface area contributed by atoms with E-state index in [1.54, 1.807) is 18.2 Å². The number of nitrogens with zero attached hydrogens (tertiary/aromatic N) is 1. The Morgan fingerprint density at radius 1 is 1.07 bits per heavy atom. The minimum atomic E-state index is -0.637. The summed E-state index contributed by atoms with van der Waals surface area (Å²) in [6.07, 6.45) is 1.30. The van der Waals surface area contributed by atoms with Crippen molar-refractivity contribution in [3.05, 3.63) is 70.2 Å². The minimum Gasteiger partial charge on any atom is -0.379 e. The normalized spacial score (nSPS) is 15.4. The summed E-state index contributed by atoms with van der Waals surface area (Å²) in [5, 5.41) is 5.89. The van der Waals surface area contributed by atoms with E-state index in [-0.39, 0.29) is 11.8 Å². The number of hydrogen-bond acceptors (Lipinski definition) is 4. The highest BCUT2D eigenvalue weighted by atomic mass is 79.9. The van der Waals surface area contributed by atoms with Crippen molar-refractivity contribution >= 4 is 27.7 Å². The van der Waals surface area contributed by atoms with Gasteiger partial charge in [0.1, 0.15) is 6.04 Å². The van der Waals surface area contributed by atoms with Crippen LogP contribution in [0.4, 0.5) is 0 Å². The second kappa shape index (κ2) is 11.8. The molecule has 2 N–H and O–H groups in total. The van der Waals surface area contributed by atoms with E-state index in [1.807, 2.05) is 36.4 Å². The highest BCUT2D eigenvalue weighted by molar-refractivity contribution is 9.10. The molecule has 2 amide bonds. The van der Waals surface area contributed by atoms with Crippen LogP contribution in [0.5, 0.6) is 0 Å².